The number of imidazole rings is 1. The Hall–Kier alpha value is -3.24. The number of piperazine rings is 1. The van der Waals surface area contributed by atoms with Crippen LogP contribution in [0.5, 0.6) is 0 Å². The molecular formula is C20H20N6O. The summed E-state index contributed by atoms with van der Waals surface area (Å²) in [6, 6.07) is 12.0. The molecule has 1 aromatic carbocycles. The van der Waals surface area contributed by atoms with E-state index in [1.165, 1.54) is 0 Å². The number of nitriles is 1. The third kappa shape index (κ3) is 3.52. The van der Waals surface area contributed by atoms with E-state index in [9.17, 15) is 4.79 Å². The van der Waals surface area contributed by atoms with E-state index < -0.39 is 0 Å². The number of hydrogen-bond acceptors (Lipinski definition) is 5. The summed E-state index contributed by atoms with van der Waals surface area (Å²) in [7, 11) is 0. The van der Waals surface area contributed by atoms with Crippen LogP contribution in [0.25, 0.3) is 16.9 Å². The Bertz CT molecular complexity index is 983. The van der Waals surface area contributed by atoms with Crippen molar-refractivity contribution in [3.8, 4) is 17.3 Å². The number of amides is 1. The molecule has 0 radical (unpaired) electrons. The summed E-state index contributed by atoms with van der Waals surface area (Å²) in [5, 5.41) is 8.70. The molecule has 0 unspecified atom stereocenters. The van der Waals surface area contributed by atoms with Gasteiger partial charge >= 0.3 is 0 Å². The molecule has 27 heavy (non-hydrogen) atoms. The van der Waals surface area contributed by atoms with Crippen molar-refractivity contribution in [3.63, 3.8) is 0 Å². The maximum absolute atomic E-state index is 12.9. The van der Waals surface area contributed by atoms with E-state index in [-0.39, 0.29) is 5.91 Å². The SMILES string of the molecule is N#CCCN1CCN(C(=O)c2cn3ccnc(-c4ccccc4)c3n2)CC1. The molecule has 2 aromatic heterocycles. The van der Waals surface area contributed by atoms with Gasteiger partial charge in [0.1, 0.15) is 11.4 Å². The van der Waals surface area contributed by atoms with Crippen molar-refractivity contribution in [2.75, 3.05) is 32.7 Å². The van der Waals surface area contributed by atoms with Gasteiger partial charge in [-0.15, -0.1) is 0 Å². The largest absolute Gasteiger partial charge is 0.335 e. The van der Waals surface area contributed by atoms with E-state index in [0.29, 0.717) is 30.9 Å². The Kier molecular flexibility index (Phi) is 4.81. The van der Waals surface area contributed by atoms with E-state index in [2.05, 4.69) is 20.9 Å². The van der Waals surface area contributed by atoms with Gasteiger partial charge in [0.25, 0.3) is 5.91 Å². The minimum absolute atomic E-state index is 0.0577. The zero-order valence-electron chi connectivity index (χ0n) is 15.0. The molecule has 1 aliphatic heterocycles. The van der Waals surface area contributed by atoms with Crippen LogP contribution in [0.2, 0.25) is 0 Å². The smallest absolute Gasteiger partial charge is 0.274 e. The topological polar surface area (TPSA) is 77.5 Å². The van der Waals surface area contributed by atoms with Gasteiger partial charge < -0.3 is 9.30 Å². The number of rotatable bonds is 4. The lowest BCUT2D eigenvalue weighted by molar-refractivity contribution is 0.0634. The Morgan fingerprint density at radius 3 is 2.67 bits per heavy atom. The highest BCUT2D eigenvalue weighted by molar-refractivity contribution is 5.93. The second-order valence-electron chi connectivity index (χ2n) is 6.54. The molecule has 0 bridgehead atoms. The standard InChI is InChI=1S/C20H20N6O/c21-7-4-9-24-11-13-25(14-12-24)20(27)17-15-26-10-8-22-18(19(26)23-17)16-5-2-1-3-6-16/h1-3,5-6,8,10,15H,4,9,11-14H2. The molecule has 0 N–H and O–H groups in total. The summed E-state index contributed by atoms with van der Waals surface area (Å²) in [6.45, 7) is 3.65. The zero-order chi connectivity index (χ0) is 18.6. The lowest BCUT2D eigenvalue weighted by Gasteiger charge is -2.33. The number of benzene rings is 1. The monoisotopic (exact) mass is 360 g/mol. The van der Waals surface area contributed by atoms with Gasteiger partial charge in [0.15, 0.2) is 5.65 Å². The van der Waals surface area contributed by atoms with Crippen LogP contribution in [-0.2, 0) is 0 Å². The van der Waals surface area contributed by atoms with Gasteiger partial charge in [-0.25, -0.2) is 4.98 Å². The number of carbonyl (C=O) groups is 1. The van der Waals surface area contributed by atoms with Gasteiger partial charge in [-0.2, -0.15) is 5.26 Å². The zero-order valence-corrected chi connectivity index (χ0v) is 15.0. The number of aromatic nitrogens is 3. The molecule has 1 amide bonds. The predicted octanol–water partition coefficient (Wildman–Crippen LogP) is 2.07. The van der Waals surface area contributed by atoms with Gasteiger partial charge in [-0.3, -0.25) is 14.7 Å². The highest BCUT2D eigenvalue weighted by atomic mass is 16.2. The van der Waals surface area contributed by atoms with Crippen LogP contribution in [0, 0.1) is 11.3 Å². The molecule has 0 saturated carbocycles. The van der Waals surface area contributed by atoms with Gasteiger partial charge in [-0.1, -0.05) is 30.3 Å². The molecular weight excluding hydrogens is 340 g/mol. The molecule has 0 atom stereocenters. The number of nitrogens with zero attached hydrogens (tertiary/aromatic N) is 6. The van der Waals surface area contributed by atoms with E-state index >= 15 is 0 Å². The van der Waals surface area contributed by atoms with Crippen molar-refractivity contribution in [2.45, 2.75) is 6.42 Å². The second-order valence-corrected chi connectivity index (χ2v) is 6.54. The van der Waals surface area contributed by atoms with Crippen LogP contribution in [-0.4, -0.2) is 62.8 Å². The summed E-state index contributed by atoms with van der Waals surface area (Å²) in [4.78, 5) is 26.0. The molecule has 1 aliphatic rings. The summed E-state index contributed by atoms with van der Waals surface area (Å²) < 4.78 is 1.85. The van der Waals surface area contributed by atoms with E-state index in [1.54, 1.807) is 12.4 Å². The first-order valence-electron chi connectivity index (χ1n) is 9.04. The van der Waals surface area contributed by atoms with Crippen molar-refractivity contribution >= 4 is 11.6 Å². The molecule has 3 heterocycles. The van der Waals surface area contributed by atoms with Crippen molar-refractivity contribution in [1.29, 1.82) is 5.26 Å². The Morgan fingerprint density at radius 1 is 1.15 bits per heavy atom. The van der Waals surface area contributed by atoms with E-state index in [1.807, 2.05) is 45.8 Å². The van der Waals surface area contributed by atoms with Gasteiger partial charge in [0.2, 0.25) is 0 Å². The molecule has 7 heteroatoms. The van der Waals surface area contributed by atoms with Crippen molar-refractivity contribution in [3.05, 3.63) is 54.6 Å². The fourth-order valence-corrected chi connectivity index (χ4v) is 3.37. The number of carbonyl (C=O) groups excluding carboxylic acids is 1. The highest BCUT2D eigenvalue weighted by Crippen LogP contribution is 2.22. The summed E-state index contributed by atoms with van der Waals surface area (Å²) in [6.07, 6.45) is 5.83. The minimum Gasteiger partial charge on any atom is -0.335 e. The van der Waals surface area contributed by atoms with Crippen LogP contribution in [0.15, 0.2) is 48.9 Å². The molecule has 1 fully saturated rings. The third-order valence-electron chi connectivity index (χ3n) is 4.84. The molecule has 7 nitrogen and oxygen atoms in total. The first-order valence-corrected chi connectivity index (χ1v) is 9.04. The molecule has 3 aromatic rings. The molecule has 1 saturated heterocycles. The van der Waals surface area contributed by atoms with Gasteiger partial charge in [0, 0.05) is 63.3 Å². The molecule has 136 valence electrons. The normalized spacial score (nSPS) is 15.0. The lowest BCUT2D eigenvalue weighted by Crippen LogP contribution is -2.48. The average molecular weight is 360 g/mol. The van der Waals surface area contributed by atoms with E-state index in [0.717, 1.165) is 30.9 Å². The average Bonchev–Trinajstić information content (AvgIpc) is 3.17. The molecule has 4 rings (SSSR count). The predicted molar refractivity (Wildman–Crippen MR) is 101 cm³/mol. The summed E-state index contributed by atoms with van der Waals surface area (Å²) in [5.74, 6) is -0.0577. The molecule has 0 spiro atoms. The summed E-state index contributed by atoms with van der Waals surface area (Å²) in [5.41, 5.74) is 2.85. The minimum atomic E-state index is -0.0577. The highest BCUT2D eigenvalue weighted by Gasteiger charge is 2.24. The van der Waals surface area contributed by atoms with Crippen molar-refractivity contribution < 1.29 is 4.79 Å². The lowest BCUT2D eigenvalue weighted by atomic mass is 10.1. The fourth-order valence-electron chi connectivity index (χ4n) is 3.37. The van der Waals surface area contributed by atoms with Crippen LogP contribution in [0.3, 0.4) is 0 Å². The first kappa shape index (κ1) is 17.2. The van der Waals surface area contributed by atoms with Crippen LogP contribution in [0.1, 0.15) is 16.9 Å². The van der Waals surface area contributed by atoms with Crippen LogP contribution >= 0.6 is 0 Å². The Morgan fingerprint density at radius 2 is 1.93 bits per heavy atom. The Labute approximate surface area is 157 Å². The van der Waals surface area contributed by atoms with Crippen LogP contribution < -0.4 is 0 Å². The van der Waals surface area contributed by atoms with E-state index in [4.69, 9.17) is 5.26 Å². The summed E-state index contributed by atoms with van der Waals surface area (Å²) >= 11 is 0. The van der Waals surface area contributed by atoms with Crippen molar-refractivity contribution in [2.24, 2.45) is 0 Å². The maximum Gasteiger partial charge on any atom is 0.274 e. The van der Waals surface area contributed by atoms with Gasteiger partial charge in [-0.05, 0) is 0 Å². The second kappa shape index (κ2) is 7.56. The fraction of sp³-hybridized carbons (Fsp3) is 0.300. The molecule has 0 aliphatic carbocycles. The number of fused-ring (bicyclic) bond motifs is 1. The van der Waals surface area contributed by atoms with Crippen LogP contribution in [0.4, 0.5) is 0 Å². The number of hydrogen-bond donors (Lipinski definition) is 0. The first-order chi connectivity index (χ1) is 13.3. The van der Waals surface area contributed by atoms with Crippen molar-refractivity contribution in [1.82, 2.24) is 24.2 Å². The Balaban J connectivity index is 1.55. The third-order valence-corrected chi connectivity index (χ3v) is 4.84. The van der Waals surface area contributed by atoms with Gasteiger partial charge in [0.05, 0.1) is 6.07 Å². The maximum atomic E-state index is 12.9. The quantitative estimate of drug-likeness (QED) is 0.712.